The van der Waals surface area contributed by atoms with Crippen molar-refractivity contribution >= 4 is 23.6 Å². The lowest BCUT2D eigenvalue weighted by Crippen LogP contribution is -2.56. The Labute approximate surface area is 139 Å². The number of carbonyl (C=O) groups excluding carboxylic acids is 1. The van der Waals surface area contributed by atoms with E-state index in [2.05, 4.69) is 30.3 Å². The third-order valence-corrected chi connectivity index (χ3v) is 3.65. The largest absolute Gasteiger partial charge is 0.465 e. The maximum atomic E-state index is 11.7. The van der Waals surface area contributed by atoms with Gasteiger partial charge < -0.3 is 15.8 Å². The van der Waals surface area contributed by atoms with Crippen LogP contribution in [0.25, 0.3) is 0 Å². The maximum absolute atomic E-state index is 11.7. The molecule has 1 aliphatic heterocycles. The lowest BCUT2D eigenvalue weighted by molar-refractivity contribution is 0.0601. The first-order valence-electron chi connectivity index (χ1n) is 7.56. The van der Waals surface area contributed by atoms with Crippen LogP contribution in [-0.4, -0.2) is 53.8 Å². The molecular weight excluding hydrogens is 310 g/mol. The Hall–Kier alpha value is -2.78. The second-order valence-corrected chi connectivity index (χ2v) is 5.19. The summed E-state index contributed by atoms with van der Waals surface area (Å²) in [6, 6.07) is 5.59. The highest BCUT2D eigenvalue weighted by Gasteiger charge is 2.26. The third kappa shape index (κ3) is 3.26. The molecule has 0 saturated carbocycles. The number of esters is 1. The standard InChI is InChI=1S/C15H19N7O2/c1-24-14(23)10-8-20-15(21-13(10)16)22(11-4-2-3-5-18-11)12-9-17-6-7-19-12/h2-5,8,12,17,19H,6-7,9H2,1H3,(H2,16,20,21). The first-order valence-corrected chi connectivity index (χ1v) is 7.56. The minimum absolute atomic E-state index is 0.0662. The van der Waals surface area contributed by atoms with Crippen LogP contribution in [0.4, 0.5) is 17.6 Å². The van der Waals surface area contributed by atoms with Gasteiger partial charge in [-0.3, -0.25) is 10.2 Å². The highest BCUT2D eigenvalue weighted by atomic mass is 16.5. The first kappa shape index (κ1) is 16.1. The van der Waals surface area contributed by atoms with Crippen LogP contribution >= 0.6 is 0 Å². The minimum atomic E-state index is -0.569. The van der Waals surface area contributed by atoms with E-state index in [1.807, 2.05) is 23.1 Å². The predicted octanol–water partition coefficient (Wildman–Crippen LogP) is -0.103. The number of methoxy groups -OCH3 is 1. The zero-order valence-electron chi connectivity index (χ0n) is 13.3. The van der Waals surface area contributed by atoms with E-state index < -0.39 is 5.97 Å². The van der Waals surface area contributed by atoms with Crippen molar-refractivity contribution in [1.82, 2.24) is 25.6 Å². The van der Waals surface area contributed by atoms with E-state index in [1.165, 1.54) is 13.3 Å². The molecule has 0 bridgehead atoms. The summed E-state index contributed by atoms with van der Waals surface area (Å²) in [7, 11) is 1.29. The van der Waals surface area contributed by atoms with Crippen LogP contribution in [-0.2, 0) is 4.74 Å². The number of carbonyl (C=O) groups is 1. The second-order valence-electron chi connectivity index (χ2n) is 5.19. The number of nitrogens with zero attached hydrogens (tertiary/aromatic N) is 4. The molecule has 1 fully saturated rings. The molecule has 24 heavy (non-hydrogen) atoms. The molecule has 0 amide bonds. The van der Waals surface area contributed by atoms with Gasteiger partial charge in [0.05, 0.1) is 7.11 Å². The fourth-order valence-corrected chi connectivity index (χ4v) is 2.49. The number of nitrogens with one attached hydrogen (secondary N) is 2. The highest BCUT2D eigenvalue weighted by Crippen LogP contribution is 2.24. The Morgan fingerprint density at radius 1 is 1.38 bits per heavy atom. The summed E-state index contributed by atoms with van der Waals surface area (Å²) >= 11 is 0. The summed E-state index contributed by atoms with van der Waals surface area (Å²) in [6.45, 7) is 2.39. The van der Waals surface area contributed by atoms with Crippen LogP contribution in [0.3, 0.4) is 0 Å². The van der Waals surface area contributed by atoms with E-state index in [1.54, 1.807) is 6.20 Å². The molecule has 9 nitrogen and oxygen atoms in total. The van der Waals surface area contributed by atoms with Crippen LogP contribution in [0, 0.1) is 0 Å². The molecule has 126 valence electrons. The van der Waals surface area contributed by atoms with Gasteiger partial charge in [-0.15, -0.1) is 0 Å². The first-order chi connectivity index (χ1) is 11.7. The van der Waals surface area contributed by atoms with Crippen LogP contribution in [0.5, 0.6) is 0 Å². The zero-order chi connectivity index (χ0) is 16.9. The van der Waals surface area contributed by atoms with E-state index in [0.717, 1.165) is 13.1 Å². The molecule has 1 atom stereocenters. The van der Waals surface area contributed by atoms with Crippen LogP contribution in [0.1, 0.15) is 10.4 Å². The van der Waals surface area contributed by atoms with Gasteiger partial charge in [-0.05, 0) is 12.1 Å². The van der Waals surface area contributed by atoms with Crippen molar-refractivity contribution in [2.45, 2.75) is 6.17 Å². The molecule has 1 saturated heterocycles. The quantitative estimate of drug-likeness (QED) is 0.661. The number of anilines is 3. The number of rotatable bonds is 4. The van der Waals surface area contributed by atoms with Crippen molar-refractivity contribution in [3.8, 4) is 0 Å². The van der Waals surface area contributed by atoms with Gasteiger partial charge in [0.15, 0.2) is 0 Å². The fraction of sp³-hybridized carbons (Fsp3) is 0.333. The monoisotopic (exact) mass is 329 g/mol. The van der Waals surface area contributed by atoms with E-state index in [-0.39, 0.29) is 17.5 Å². The van der Waals surface area contributed by atoms with E-state index in [0.29, 0.717) is 18.3 Å². The zero-order valence-corrected chi connectivity index (χ0v) is 13.3. The molecule has 9 heteroatoms. The summed E-state index contributed by atoms with van der Waals surface area (Å²) in [5, 5.41) is 6.71. The average Bonchev–Trinajstić information content (AvgIpc) is 2.63. The smallest absolute Gasteiger partial charge is 0.343 e. The second kappa shape index (κ2) is 7.20. The Kier molecular flexibility index (Phi) is 4.82. The van der Waals surface area contributed by atoms with Gasteiger partial charge in [-0.25, -0.2) is 14.8 Å². The van der Waals surface area contributed by atoms with Gasteiger partial charge in [-0.2, -0.15) is 4.98 Å². The van der Waals surface area contributed by atoms with Gasteiger partial charge in [-0.1, -0.05) is 6.07 Å². The highest BCUT2D eigenvalue weighted by molar-refractivity contribution is 5.93. The average molecular weight is 329 g/mol. The van der Waals surface area contributed by atoms with Gasteiger partial charge in [0.1, 0.15) is 23.4 Å². The summed E-state index contributed by atoms with van der Waals surface area (Å²) in [5.41, 5.74) is 6.04. The Balaban J connectivity index is 1.99. The third-order valence-electron chi connectivity index (χ3n) is 3.65. The van der Waals surface area contributed by atoms with Crippen molar-refractivity contribution < 1.29 is 9.53 Å². The van der Waals surface area contributed by atoms with Crippen molar-refractivity contribution in [2.75, 3.05) is 37.4 Å². The summed E-state index contributed by atoms with van der Waals surface area (Å²) in [6.07, 6.45) is 2.98. The number of nitrogens with two attached hydrogens (primary N) is 1. The summed E-state index contributed by atoms with van der Waals surface area (Å²) < 4.78 is 4.67. The van der Waals surface area contributed by atoms with E-state index in [4.69, 9.17) is 5.73 Å². The Morgan fingerprint density at radius 3 is 2.88 bits per heavy atom. The minimum Gasteiger partial charge on any atom is -0.465 e. The molecule has 0 spiro atoms. The summed E-state index contributed by atoms with van der Waals surface area (Å²) in [5.74, 6) is 0.543. The van der Waals surface area contributed by atoms with Crippen LogP contribution in [0.2, 0.25) is 0 Å². The number of piperazine rings is 1. The van der Waals surface area contributed by atoms with Crippen LogP contribution < -0.4 is 21.3 Å². The molecule has 2 aromatic rings. The SMILES string of the molecule is COC(=O)c1cnc(N(c2ccccn2)C2CNCCN2)nc1N. The molecule has 2 aromatic heterocycles. The van der Waals surface area contributed by atoms with Gasteiger partial charge in [0.2, 0.25) is 5.95 Å². The molecule has 1 unspecified atom stereocenters. The van der Waals surface area contributed by atoms with Crippen molar-refractivity contribution in [2.24, 2.45) is 0 Å². The molecule has 0 radical (unpaired) electrons. The number of hydrogen-bond donors (Lipinski definition) is 3. The Bertz CT molecular complexity index is 704. The molecule has 3 heterocycles. The number of pyridine rings is 1. The van der Waals surface area contributed by atoms with Crippen molar-refractivity contribution in [1.29, 1.82) is 0 Å². The van der Waals surface area contributed by atoms with E-state index >= 15 is 0 Å². The number of ether oxygens (including phenoxy) is 1. The molecule has 0 aliphatic carbocycles. The predicted molar refractivity (Wildman–Crippen MR) is 88.8 cm³/mol. The molecule has 3 rings (SSSR count). The fourth-order valence-electron chi connectivity index (χ4n) is 2.49. The lowest BCUT2D eigenvalue weighted by Gasteiger charge is -2.34. The lowest BCUT2D eigenvalue weighted by atomic mass is 10.3. The topological polar surface area (TPSA) is 118 Å². The number of nitrogen functional groups attached to an aromatic ring is 1. The van der Waals surface area contributed by atoms with Crippen molar-refractivity contribution in [3.05, 3.63) is 36.2 Å². The van der Waals surface area contributed by atoms with Crippen molar-refractivity contribution in [3.63, 3.8) is 0 Å². The Morgan fingerprint density at radius 2 is 2.25 bits per heavy atom. The molecule has 1 aliphatic rings. The van der Waals surface area contributed by atoms with Gasteiger partial charge in [0, 0.05) is 32.0 Å². The molecular formula is C15H19N7O2. The van der Waals surface area contributed by atoms with Crippen LogP contribution in [0.15, 0.2) is 30.6 Å². The summed E-state index contributed by atoms with van der Waals surface area (Å²) in [4.78, 5) is 26.5. The molecule has 4 N–H and O–H groups in total. The van der Waals surface area contributed by atoms with Gasteiger partial charge in [0.25, 0.3) is 0 Å². The molecule has 0 aromatic carbocycles. The number of hydrogen-bond acceptors (Lipinski definition) is 9. The number of aromatic nitrogens is 3. The van der Waals surface area contributed by atoms with E-state index in [9.17, 15) is 4.79 Å². The normalized spacial score (nSPS) is 17.3. The maximum Gasteiger partial charge on any atom is 0.343 e. The van der Waals surface area contributed by atoms with Gasteiger partial charge >= 0.3 is 5.97 Å².